The second-order valence-electron chi connectivity index (χ2n) is 5.24. The Morgan fingerprint density at radius 3 is 2.33 bits per heavy atom. The predicted octanol–water partition coefficient (Wildman–Crippen LogP) is 2.90. The lowest BCUT2D eigenvalue weighted by Gasteiger charge is -2.37. The van der Waals surface area contributed by atoms with Crippen molar-refractivity contribution in [3.8, 4) is 0 Å². The van der Waals surface area contributed by atoms with Crippen LogP contribution in [0.15, 0.2) is 23.9 Å². The lowest BCUT2D eigenvalue weighted by molar-refractivity contribution is 0.173. The van der Waals surface area contributed by atoms with Gasteiger partial charge in [-0.3, -0.25) is 0 Å². The zero-order valence-electron chi connectivity index (χ0n) is 12.2. The second kappa shape index (κ2) is 7.37. The molecule has 0 aromatic heterocycles. The minimum atomic E-state index is 0.611. The first-order chi connectivity index (χ1) is 8.54. The summed E-state index contributed by atoms with van der Waals surface area (Å²) in [6.45, 7) is 6.22. The molecule has 1 saturated heterocycles. The molecule has 1 rings (SSSR count). The van der Waals surface area contributed by atoms with Crippen molar-refractivity contribution in [2.24, 2.45) is 0 Å². The van der Waals surface area contributed by atoms with Crippen LogP contribution < -0.4 is 0 Å². The highest BCUT2D eigenvalue weighted by atomic mass is 15.2. The van der Waals surface area contributed by atoms with Gasteiger partial charge in [0.15, 0.2) is 0 Å². The summed E-state index contributed by atoms with van der Waals surface area (Å²) in [6.07, 6.45) is 9.73. The van der Waals surface area contributed by atoms with E-state index >= 15 is 0 Å². The summed E-state index contributed by atoms with van der Waals surface area (Å²) < 4.78 is 0. The molecule has 1 N–H and O–H groups in total. The van der Waals surface area contributed by atoms with E-state index in [4.69, 9.17) is 5.41 Å². The molecule has 0 spiro atoms. The van der Waals surface area contributed by atoms with Crippen molar-refractivity contribution in [3.63, 3.8) is 0 Å². The van der Waals surface area contributed by atoms with Crippen molar-refractivity contribution in [2.75, 3.05) is 27.2 Å². The molecule has 0 aromatic carbocycles. The van der Waals surface area contributed by atoms with Gasteiger partial charge in [0.1, 0.15) is 0 Å². The van der Waals surface area contributed by atoms with Crippen molar-refractivity contribution >= 4 is 5.71 Å². The quantitative estimate of drug-likeness (QED) is 0.600. The zero-order valence-corrected chi connectivity index (χ0v) is 12.2. The van der Waals surface area contributed by atoms with Crippen LogP contribution in [0.25, 0.3) is 0 Å². The van der Waals surface area contributed by atoms with Gasteiger partial charge < -0.3 is 15.2 Å². The normalized spacial score (nSPS) is 18.9. The van der Waals surface area contributed by atoms with Crippen LogP contribution in [0.1, 0.15) is 33.1 Å². The van der Waals surface area contributed by atoms with Gasteiger partial charge in [-0.25, -0.2) is 0 Å². The number of hydrogen-bond acceptors (Lipinski definition) is 3. The highest BCUT2D eigenvalue weighted by molar-refractivity contribution is 5.90. The summed E-state index contributed by atoms with van der Waals surface area (Å²) in [5.74, 6) is 0. The highest BCUT2D eigenvalue weighted by Crippen LogP contribution is 2.19. The first kappa shape index (κ1) is 15.0. The van der Waals surface area contributed by atoms with Crippen LogP contribution in [0.4, 0.5) is 0 Å². The van der Waals surface area contributed by atoms with Crippen LogP contribution >= 0.6 is 0 Å². The maximum absolute atomic E-state index is 7.48. The molecule has 102 valence electrons. The third kappa shape index (κ3) is 4.65. The Morgan fingerprint density at radius 1 is 1.28 bits per heavy atom. The lowest BCUT2D eigenvalue weighted by atomic mass is 10.0. The summed E-state index contributed by atoms with van der Waals surface area (Å²) in [5, 5.41) is 7.48. The minimum absolute atomic E-state index is 0.611. The van der Waals surface area contributed by atoms with E-state index in [-0.39, 0.29) is 0 Å². The first-order valence-electron chi connectivity index (χ1n) is 6.89. The smallest absolute Gasteiger partial charge is 0.0326 e. The average molecular weight is 249 g/mol. The number of likely N-dealkylation sites (tertiary alicyclic amines) is 1. The molecule has 0 radical (unpaired) electrons. The van der Waals surface area contributed by atoms with Gasteiger partial charge in [-0.15, -0.1) is 0 Å². The third-order valence-corrected chi connectivity index (χ3v) is 3.48. The van der Waals surface area contributed by atoms with Crippen LogP contribution in [-0.4, -0.2) is 48.7 Å². The maximum atomic E-state index is 7.48. The Balaban J connectivity index is 2.61. The molecular formula is C15H27N3. The van der Waals surface area contributed by atoms with E-state index in [9.17, 15) is 0 Å². The number of nitrogens with zero attached hydrogens (tertiary/aromatic N) is 2. The van der Waals surface area contributed by atoms with E-state index in [1.165, 1.54) is 18.5 Å². The van der Waals surface area contributed by atoms with Crippen LogP contribution in [0.2, 0.25) is 0 Å². The van der Waals surface area contributed by atoms with Crippen LogP contribution in [0.3, 0.4) is 0 Å². The van der Waals surface area contributed by atoms with E-state index in [0.29, 0.717) is 5.71 Å². The Kier molecular flexibility index (Phi) is 6.13. The molecule has 0 saturated carbocycles. The molecule has 1 fully saturated rings. The Hall–Kier alpha value is -1.09. The molecule has 0 unspecified atom stereocenters. The van der Waals surface area contributed by atoms with Crippen molar-refractivity contribution in [1.29, 1.82) is 5.41 Å². The van der Waals surface area contributed by atoms with Crippen molar-refractivity contribution in [3.05, 3.63) is 23.9 Å². The van der Waals surface area contributed by atoms with E-state index in [1.807, 2.05) is 13.0 Å². The van der Waals surface area contributed by atoms with Gasteiger partial charge in [0.2, 0.25) is 0 Å². The largest absolute Gasteiger partial charge is 0.372 e. The standard InChI is InChI=1S/C15H27N3/c1-5-6-15(8-7-13(2)16)18-11-9-14(10-12-18)17(3)4/h6-8,14,16H,5,9-12H2,1-4H3/b8-7-,15-6?,16-13?. The summed E-state index contributed by atoms with van der Waals surface area (Å²) in [6, 6.07) is 0.720. The second-order valence-corrected chi connectivity index (χ2v) is 5.24. The Labute approximate surface area is 112 Å². The lowest BCUT2D eigenvalue weighted by Crippen LogP contribution is -2.41. The molecule has 0 aromatic rings. The summed E-state index contributed by atoms with van der Waals surface area (Å²) >= 11 is 0. The van der Waals surface area contributed by atoms with Gasteiger partial charge in [0.25, 0.3) is 0 Å². The van der Waals surface area contributed by atoms with Crippen LogP contribution in [-0.2, 0) is 0 Å². The third-order valence-electron chi connectivity index (χ3n) is 3.48. The summed E-state index contributed by atoms with van der Waals surface area (Å²) in [5.41, 5.74) is 1.89. The van der Waals surface area contributed by atoms with Gasteiger partial charge >= 0.3 is 0 Å². The number of nitrogens with one attached hydrogen (secondary N) is 1. The number of hydrogen-bond donors (Lipinski definition) is 1. The molecule has 0 bridgehead atoms. The van der Waals surface area contributed by atoms with E-state index < -0.39 is 0 Å². The molecule has 0 amide bonds. The molecule has 1 aliphatic heterocycles. The minimum Gasteiger partial charge on any atom is -0.372 e. The van der Waals surface area contributed by atoms with Crippen molar-refractivity contribution in [2.45, 2.75) is 39.2 Å². The van der Waals surface area contributed by atoms with Gasteiger partial charge in [-0.05, 0) is 52.4 Å². The topological polar surface area (TPSA) is 30.3 Å². The molecule has 3 heteroatoms. The fourth-order valence-electron chi connectivity index (χ4n) is 2.36. The van der Waals surface area contributed by atoms with Crippen LogP contribution in [0, 0.1) is 5.41 Å². The first-order valence-corrected chi connectivity index (χ1v) is 6.89. The Morgan fingerprint density at radius 2 is 1.89 bits per heavy atom. The van der Waals surface area contributed by atoms with Crippen molar-refractivity contribution < 1.29 is 0 Å². The SMILES string of the molecule is CCC=C(/C=C\C(C)=N)N1CCC(N(C)C)CC1. The summed E-state index contributed by atoms with van der Waals surface area (Å²) in [4.78, 5) is 4.78. The Bertz CT molecular complexity index is 321. The predicted molar refractivity (Wildman–Crippen MR) is 79.2 cm³/mol. The number of allylic oxidation sites excluding steroid dienone is 3. The number of rotatable bonds is 5. The zero-order chi connectivity index (χ0) is 13.5. The number of piperidine rings is 1. The molecule has 1 aliphatic rings. The fourth-order valence-corrected chi connectivity index (χ4v) is 2.36. The monoisotopic (exact) mass is 249 g/mol. The molecule has 1 heterocycles. The fraction of sp³-hybridized carbons (Fsp3) is 0.667. The van der Waals surface area contributed by atoms with E-state index in [0.717, 1.165) is 25.6 Å². The average Bonchev–Trinajstić information content (AvgIpc) is 2.34. The van der Waals surface area contributed by atoms with Gasteiger partial charge in [0.05, 0.1) is 0 Å². The van der Waals surface area contributed by atoms with Crippen molar-refractivity contribution in [1.82, 2.24) is 9.80 Å². The highest BCUT2D eigenvalue weighted by Gasteiger charge is 2.20. The molecule has 18 heavy (non-hydrogen) atoms. The van der Waals surface area contributed by atoms with Crippen LogP contribution in [0.5, 0.6) is 0 Å². The molecular weight excluding hydrogens is 222 g/mol. The summed E-state index contributed by atoms with van der Waals surface area (Å²) in [7, 11) is 4.34. The van der Waals surface area contributed by atoms with E-state index in [1.54, 1.807) is 0 Å². The van der Waals surface area contributed by atoms with Gasteiger partial charge in [-0.1, -0.05) is 13.0 Å². The maximum Gasteiger partial charge on any atom is 0.0326 e. The van der Waals surface area contributed by atoms with Gasteiger partial charge in [0, 0.05) is 30.5 Å². The molecule has 0 atom stereocenters. The molecule has 0 aliphatic carbocycles. The van der Waals surface area contributed by atoms with E-state index in [2.05, 4.69) is 43.0 Å². The van der Waals surface area contributed by atoms with Gasteiger partial charge in [-0.2, -0.15) is 0 Å². The molecule has 3 nitrogen and oxygen atoms in total.